The third-order valence-corrected chi connectivity index (χ3v) is 3.27. The Balaban J connectivity index is 2.17. The largest absolute Gasteiger partial charge is 0.463 e. The number of hydrogen-bond acceptors (Lipinski definition) is 6. The van der Waals surface area contributed by atoms with Crippen molar-refractivity contribution in [1.82, 2.24) is 0 Å². The van der Waals surface area contributed by atoms with Crippen LogP contribution in [0.1, 0.15) is 39.0 Å². The lowest BCUT2D eigenvalue weighted by molar-refractivity contribution is -0.114. The van der Waals surface area contributed by atoms with Crippen molar-refractivity contribution in [2.75, 3.05) is 12.4 Å². The fourth-order valence-corrected chi connectivity index (χ4v) is 2.12. The topological polar surface area (TPSA) is 94.8 Å². The quantitative estimate of drug-likeness (QED) is 0.847. The van der Waals surface area contributed by atoms with Gasteiger partial charge in [-0.15, -0.1) is 0 Å². The van der Waals surface area contributed by atoms with Crippen molar-refractivity contribution < 1.29 is 28.3 Å². The molecule has 1 aromatic carbocycles. The first kappa shape index (κ1) is 17.3. The van der Waals surface area contributed by atoms with Crippen LogP contribution in [0.3, 0.4) is 0 Å². The number of amides is 1. The molecule has 0 aliphatic carbocycles. The summed E-state index contributed by atoms with van der Waals surface area (Å²) in [6, 6.07) is 6.53. The van der Waals surface area contributed by atoms with Crippen LogP contribution in [-0.4, -0.2) is 25.0 Å². The average molecular weight is 331 g/mol. The zero-order valence-corrected chi connectivity index (χ0v) is 13.5. The summed E-state index contributed by atoms with van der Waals surface area (Å²) in [6.45, 7) is 2.97. The number of carbonyl (C=O) groups is 3. The number of ether oxygens (including phenoxy) is 2. The van der Waals surface area contributed by atoms with Crippen molar-refractivity contribution in [3.05, 3.63) is 53.0 Å². The van der Waals surface area contributed by atoms with Gasteiger partial charge in [0.2, 0.25) is 11.7 Å². The van der Waals surface area contributed by atoms with Gasteiger partial charge < -0.3 is 19.2 Å². The van der Waals surface area contributed by atoms with E-state index >= 15 is 0 Å². The number of rotatable bonds is 5. The minimum absolute atomic E-state index is 0.0170. The molecule has 1 aromatic heterocycles. The highest BCUT2D eigenvalue weighted by Crippen LogP contribution is 2.22. The predicted octanol–water partition coefficient (Wildman–Crippen LogP) is 2.69. The van der Waals surface area contributed by atoms with E-state index in [1.807, 2.05) is 0 Å². The fourth-order valence-electron chi connectivity index (χ4n) is 2.12. The molecule has 1 heterocycles. The molecule has 0 aliphatic rings. The Morgan fingerprint density at radius 2 is 1.92 bits per heavy atom. The molecule has 0 saturated carbocycles. The van der Waals surface area contributed by atoms with E-state index in [9.17, 15) is 14.4 Å². The van der Waals surface area contributed by atoms with Crippen molar-refractivity contribution in [1.29, 1.82) is 0 Å². The second kappa shape index (κ2) is 7.45. The maximum atomic E-state index is 12.3. The SMILES string of the molecule is COC(=O)c1occc1COC(=O)c1cccc(C)c1NC(C)=O. The minimum atomic E-state index is -0.652. The molecule has 0 unspecified atom stereocenters. The van der Waals surface area contributed by atoms with Gasteiger partial charge in [-0.25, -0.2) is 9.59 Å². The molecular formula is C17H17NO6. The summed E-state index contributed by atoms with van der Waals surface area (Å²) in [5.74, 6) is -1.59. The van der Waals surface area contributed by atoms with E-state index in [2.05, 4.69) is 10.1 Å². The number of esters is 2. The summed E-state index contributed by atoms with van der Waals surface area (Å²) in [7, 11) is 1.23. The van der Waals surface area contributed by atoms with Crippen LogP contribution in [0, 0.1) is 6.92 Å². The lowest BCUT2D eigenvalue weighted by atomic mass is 10.1. The van der Waals surface area contributed by atoms with Crippen LogP contribution in [-0.2, 0) is 20.9 Å². The standard InChI is InChI=1S/C17H17NO6/c1-10-5-4-6-13(14(10)18-11(2)19)16(20)24-9-12-7-8-23-15(12)17(21)22-3/h4-8H,9H2,1-3H3,(H,18,19). The molecule has 1 amide bonds. The Morgan fingerprint density at radius 1 is 1.17 bits per heavy atom. The van der Waals surface area contributed by atoms with Gasteiger partial charge in [0.15, 0.2) is 0 Å². The third kappa shape index (κ3) is 3.81. The smallest absolute Gasteiger partial charge is 0.374 e. The monoisotopic (exact) mass is 331 g/mol. The summed E-state index contributed by atoms with van der Waals surface area (Å²) >= 11 is 0. The van der Waals surface area contributed by atoms with Crippen LogP contribution in [0.2, 0.25) is 0 Å². The van der Waals surface area contributed by atoms with Gasteiger partial charge in [-0.2, -0.15) is 0 Å². The summed E-state index contributed by atoms with van der Waals surface area (Å²) in [5, 5.41) is 2.62. The Morgan fingerprint density at radius 3 is 2.58 bits per heavy atom. The molecule has 0 aliphatic heterocycles. The number of anilines is 1. The predicted molar refractivity (Wildman–Crippen MR) is 84.6 cm³/mol. The number of furan rings is 1. The van der Waals surface area contributed by atoms with E-state index in [4.69, 9.17) is 9.15 Å². The molecular weight excluding hydrogens is 314 g/mol. The molecule has 1 N–H and O–H groups in total. The highest BCUT2D eigenvalue weighted by atomic mass is 16.5. The van der Waals surface area contributed by atoms with Crippen LogP contribution in [0.4, 0.5) is 5.69 Å². The zero-order valence-electron chi connectivity index (χ0n) is 13.5. The Labute approximate surface area is 138 Å². The molecule has 126 valence electrons. The third-order valence-electron chi connectivity index (χ3n) is 3.27. The maximum Gasteiger partial charge on any atom is 0.374 e. The second-order valence-corrected chi connectivity index (χ2v) is 5.02. The van der Waals surface area contributed by atoms with Gasteiger partial charge in [-0.05, 0) is 24.6 Å². The van der Waals surface area contributed by atoms with Gasteiger partial charge in [0.1, 0.15) is 6.61 Å². The molecule has 0 bridgehead atoms. The minimum Gasteiger partial charge on any atom is -0.463 e. The van der Waals surface area contributed by atoms with Gasteiger partial charge in [0.05, 0.1) is 24.6 Å². The molecule has 7 nitrogen and oxygen atoms in total. The molecule has 7 heteroatoms. The van der Waals surface area contributed by atoms with Crippen LogP contribution >= 0.6 is 0 Å². The number of methoxy groups -OCH3 is 1. The first-order chi connectivity index (χ1) is 11.4. The van der Waals surface area contributed by atoms with Gasteiger partial charge in [-0.3, -0.25) is 4.79 Å². The molecule has 0 spiro atoms. The number of hydrogen-bond donors (Lipinski definition) is 1. The van der Waals surface area contributed by atoms with E-state index in [0.717, 1.165) is 5.56 Å². The first-order valence-corrected chi connectivity index (χ1v) is 7.13. The Kier molecular flexibility index (Phi) is 5.36. The fraction of sp³-hybridized carbons (Fsp3) is 0.235. The molecule has 24 heavy (non-hydrogen) atoms. The number of nitrogens with one attached hydrogen (secondary N) is 1. The van der Waals surface area contributed by atoms with Crippen molar-refractivity contribution in [3.8, 4) is 0 Å². The van der Waals surface area contributed by atoms with Crippen LogP contribution < -0.4 is 5.32 Å². The highest BCUT2D eigenvalue weighted by molar-refractivity contribution is 6.01. The van der Waals surface area contributed by atoms with Gasteiger partial charge >= 0.3 is 11.9 Å². The molecule has 0 radical (unpaired) electrons. The second-order valence-electron chi connectivity index (χ2n) is 5.02. The first-order valence-electron chi connectivity index (χ1n) is 7.13. The van der Waals surface area contributed by atoms with Crippen molar-refractivity contribution in [2.24, 2.45) is 0 Å². The van der Waals surface area contributed by atoms with Crippen molar-refractivity contribution in [2.45, 2.75) is 20.5 Å². The highest BCUT2D eigenvalue weighted by Gasteiger charge is 2.19. The number of para-hydroxylation sites is 1. The lowest BCUT2D eigenvalue weighted by Crippen LogP contribution is -2.14. The van der Waals surface area contributed by atoms with Crippen LogP contribution in [0.5, 0.6) is 0 Å². The maximum absolute atomic E-state index is 12.3. The van der Waals surface area contributed by atoms with Gasteiger partial charge in [-0.1, -0.05) is 12.1 Å². The average Bonchev–Trinajstić information content (AvgIpc) is 3.02. The van der Waals surface area contributed by atoms with Crippen molar-refractivity contribution >= 4 is 23.5 Å². The van der Waals surface area contributed by atoms with E-state index in [1.165, 1.54) is 26.4 Å². The van der Waals surface area contributed by atoms with E-state index < -0.39 is 11.9 Å². The van der Waals surface area contributed by atoms with Gasteiger partial charge in [0.25, 0.3) is 0 Å². The molecule has 2 aromatic rings. The van der Waals surface area contributed by atoms with Crippen molar-refractivity contribution in [3.63, 3.8) is 0 Å². The lowest BCUT2D eigenvalue weighted by Gasteiger charge is -2.12. The normalized spacial score (nSPS) is 10.1. The number of aryl methyl sites for hydroxylation is 1. The summed E-state index contributed by atoms with van der Waals surface area (Å²) in [4.78, 5) is 35.2. The van der Waals surface area contributed by atoms with Crippen LogP contribution in [0.15, 0.2) is 34.9 Å². The Hall–Kier alpha value is -3.09. The van der Waals surface area contributed by atoms with E-state index in [-0.39, 0.29) is 23.8 Å². The number of benzene rings is 1. The van der Waals surface area contributed by atoms with Crippen LogP contribution in [0.25, 0.3) is 0 Å². The molecule has 0 atom stereocenters. The van der Waals surface area contributed by atoms with E-state index in [1.54, 1.807) is 25.1 Å². The van der Waals surface area contributed by atoms with E-state index in [0.29, 0.717) is 11.3 Å². The summed E-state index contributed by atoms with van der Waals surface area (Å²) in [5.41, 5.74) is 1.76. The molecule has 2 rings (SSSR count). The number of carbonyl (C=O) groups excluding carboxylic acids is 3. The molecule has 0 fully saturated rings. The molecule has 0 saturated heterocycles. The summed E-state index contributed by atoms with van der Waals surface area (Å²) in [6.07, 6.45) is 1.31. The zero-order chi connectivity index (χ0) is 17.7. The Bertz CT molecular complexity index is 777. The van der Waals surface area contributed by atoms with Gasteiger partial charge in [0, 0.05) is 12.5 Å². The summed E-state index contributed by atoms with van der Waals surface area (Å²) < 4.78 is 14.8.